The van der Waals surface area contributed by atoms with Crippen molar-refractivity contribution in [2.24, 2.45) is 5.41 Å². The maximum absolute atomic E-state index is 11.4. The molecule has 4 heteroatoms. The molecule has 1 aliphatic heterocycles. The van der Waals surface area contributed by atoms with Gasteiger partial charge in [0.25, 0.3) is 0 Å². The molecule has 122 valence electrons. The van der Waals surface area contributed by atoms with E-state index in [1.165, 1.54) is 12.8 Å². The van der Waals surface area contributed by atoms with Crippen molar-refractivity contribution in [3.05, 3.63) is 0 Å². The largest absolute Gasteiger partial charge is 0.378 e. The molecule has 0 radical (unpaired) electrons. The van der Waals surface area contributed by atoms with E-state index in [4.69, 9.17) is 4.74 Å². The zero-order valence-electron chi connectivity index (χ0n) is 14.2. The van der Waals surface area contributed by atoms with Crippen LogP contribution < -0.4 is 5.32 Å². The molecule has 1 aliphatic carbocycles. The van der Waals surface area contributed by atoms with E-state index >= 15 is 0 Å². The molecule has 1 heterocycles. The minimum atomic E-state index is 0.213. The Morgan fingerprint density at radius 3 is 2.33 bits per heavy atom. The molecule has 1 N–H and O–H groups in total. The summed E-state index contributed by atoms with van der Waals surface area (Å²) < 4.78 is 5.95. The smallest absolute Gasteiger partial charge is 0.219 e. The molecule has 0 aromatic rings. The average Bonchev–Trinajstić information content (AvgIpc) is 2.48. The monoisotopic (exact) mass is 296 g/mol. The Labute approximate surface area is 129 Å². The van der Waals surface area contributed by atoms with Crippen molar-refractivity contribution in [1.82, 2.24) is 10.2 Å². The third kappa shape index (κ3) is 3.26. The zero-order valence-corrected chi connectivity index (χ0v) is 14.2. The van der Waals surface area contributed by atoms with Crippen molar-refractivity contribution in [3.8, 4) is 0 Å². The summed E-state index contributed by atoms with van der Waals surface area (Å²) in [7, 11) is 0. The van der Waals surface area contributed by atoms with Crippen molar-refractivity contribution in [2.75, 3.05) is 19.7 Å². The first-order chi connectivity index (χ1) is 10.1. The first-order valence-corrected chi connectivity index (χ1v) is 8.70. The number of piperidine rings is 1. The molecule has 2 rings (SSSR count). The van der Waals surface area contributed by atoms with Crippen LogP contribution in [0.15, 0.2) is 0 Å². The third-order valence-electron chi connectivity index (χ3n) is 5.85. The number of ether oxygens (including phenoxy) is 1. The molecule has 0 bridgehead atoms. The van der Waals surface area contributed by atoms with Gasteiger partial charge in [0, 0.05) is 44.1 Å². The van der Waals surface area contributed by atoms with Crippen molar-refractivity contribution in [2.45, 2.75) is 78.0 Å². The van der Waals surface area contributed by atoms with Gasteiger partial charge in [-0.2, -0.15) is 0 Å². The lowest BCUT2D eigenvalue weighted by molar-refractivity contribution is -0.141. The number of rotatable bonds is 6. The Hall–Kier alpha value is -0.610. The quantitative estimate of drug-likeness (QED) is 0.819. The van der Waals surface area contributed by atoms with Gasteiger partial charge in [0.1, 0.15) is 0 Å². The van der Waals surface area contributed by atoms with Crippen LogP contribution in [0.1, 0.15) is 59.8 Å². The van der Waals surface area contributed by atoms with Crippen LogP contribution in [0, 0.1) is 5.41 Å². The van der Waals surface area contributed by atoms with Gasteiger partial charge in [-0.25, -0.2) is 0 Å². The maximum atomic E-state index is 11.4. The number of carbonyl (C=O) groups is 1. The molecular formula is C17H32N2O2. The zero-order chi connectivity index (χ0) is 15.5. The summed E-state index contributed by atoms with van der Waals surface area (Å²) in [6, 6.07) is 1.14. The SMILES string of the molecule is CCO[C@H]1C[C@H](NC2CCN(C(C)=O)CC2)C1(CC)CC. The molecule has 2 fully saturated rings. The first kappa shape index (κ1) is 16.8. The van der Waals surface area contributed by atoms with Crippen LogP contribution in [0.3, 0.4) is 0 Å². The minimum absolute atomic E-state index is 0.213. The van der Waals surface area contributed by atoms with E-state index in [0.29, 0.717) is 23.6 Å². The Morgan fingerprint density at radius 1 is 1.24 bits per heavy atom. The van der Waals surface area contributed by atoms with Crippen molar-refractivity contribution < 1.29 is 9.53 Å². The number of nitrogens with one attached hydrogen (secondary N) is 1. The van der Waals surface area contributed by atoms with Gasteiger partial charge in [0.2, 0.25) is 5.91 Å². The molecule has 0 spiro atoms. The van der Waals surface area contributed by atoms with E-state index in [1.54, 1.807) is 6.92 Å². The Kier molecular flexibility index (Phi) is 5.67. The number of amides is 1. The van der Waals surface area contributed by atoms with Crippen LogP contribution in [-0.4, -0.2) is 48.7 Å². The predicted octanol–water partition coefficient (Wildman–Crippen LogP) is 2.57. The molecule has 21 heavy (non-hydrogen) atoms. The van der Waals surface area contributed by atoms with Crippen molar-refractivity contribution >= 4 is 5.91 Å². The van der Waals surface area contributed by atoms with Crippen molar-refractivity contribution in [1.29, 1.82) is 0 Å². The molecule has 0 unspecified atom stereocenters. The van der Waals surface area contributed by atoms with Crippen LogP contribution in [0.2, 0.25) is 0 Å². The highest BCUT2D eigenvalue weighted by Gasteiger charge is 2.53. The predicted molar refractivity (Wildman–Crippen MR) is 85.2 cm³/mol. The Bertz CT molecular complexity index is 347. The highest BCUT2D eigenvalue weighted by atomic mass is 16.5. The normalized spacial score (nSPS) is 29.2. The van der Waals surface area contributed by atoms with E-state index in [0.717, 1.165) is 39.0 Å². The third-order valence-corrected chi connectivity index (χ3v) is 5.85. The van der Waals surface area contributed by atoms with E-state index in [2.05, 4.69) is 26.1 Å². The topological polar surface area (TPSA) is 41.6 Å². The fourth-order valence-corrected chi connectivity index (χ4v) is 4.26. The van der Waals surface area contributed by atoms with Gasteiger partial charge in [0.05, 0.1) is 6.10 Å². The highest BCUT2D eigenvalue weighted by Crippen LogP contribution is 2.49. The molecule has 1 saturated heterocycles. The van der Waals surface area contributed by atoms with Crippen molar-refractivity contribution in [3.63, 3.8) is 0 Å². The second-order valence-corrected chi connectivity index (χ2v) is 6.62. The van der Waals surface area contributed by atoms with Gasteiger partial charge in [-0.1, -0.05) is 13.8 Å². The second kappa shape index (κ2) is 7.10. The number of hydrogen-bond acceptors (Lipinski definition) is 3. The van der Waals surface area contributed by atoms with Gasteiger partial charge >= 0.3 is 0 Å². The Morgan fingerprint density at radius 2 is 1.86 bits per heavy atom. The van der Waals surface area contributed by atoms with Gasteiger partial charge < -0.3 is 15.0 Å². The molecule has 4 nitrogen and oxygen atoms in total. The molecule has 2 atom stereocenters. The number of hydrogen-bond donors (Lipinski definition) is 1. The number of carbonyl (C=O) groups excluding carboxylic acids is 1. The fourth-order valence-electron chi connectivity index (χ4n) is 4.26. The molecule has 1 amide bonds. The van der Waals surface area contributed by atoms with Gasteiger partial charge in [-0.15, -0.1) is 0 Å². The lowest BCUT2D eigenvalue weighted by atomic mass is 9.58. The van der Waals surface area contributed by atoms with Crippen LogP contribution in [0.25, 0.3) is 0 Å². The average molecular weight is 296 g/mol. The van der Waals surface area contributed by atoms with Gasteiger partial charge in [-0.3, -0.25) is 4.79 Å². The molecule has 0 aromatic heterocycles. The minimum Gasteiger partial charge on any atom is -0.378 e. The Balaban J connectivity index is 1.87. The molecular weight excluding hydrogens is 264 g/mol. The maximum Gasteiger partial charge on any atom is 0.219 e. The number of likely N-dealkylation sites (tertiary alicyclic amines) is 1. The second-order valence-electron chi connectivity index (χ2n) is 6.62. The van der Waals surface area contributed by atoms with Crippen LogP contribution >= 0.6 is 0 Å². The molecule has 2 aliphatic rings. The van der Waals surface area contributed by atoms with E-state index in [-0.39, 0.29) is 5.91 Å². The van der Waals surface area contributed by atoms with E-state index in [9.17, 15) is 4.79 Å². The van der Waals surface area contributed by atoms with E-state index in [1.807, 2.05) is 4.90 Å². The summed E-state index contributed by atoms with van der Waals surface area (Å²) in [5, 5.41) is 3.88. The standard InChI is InChI=1S/C17H32N2O2/c1-5-17(6-2)15(12-16(17)21-7-3)18-14-8-10-19(11-9-14)13(4)20/h14-16,18H,5-12H2,1-4H3/t15-,16-/m0/s1. The van der Waals surface area contributed by atoms with Crippen LogP contribution in [0.5, 0.6) is 0 Å². The summed E-state index contributed by atoms with van der Waals surface area (Å²) in [6.07, 6.45) is 6.09. The van der Waals surface area contributed by atoms with Gasteiger partial charge in [0.15, 0.2) is 0 Å². The lowest BCUT2D eigenvalue weighted by Crippen LogP contribution is -2.65. The highest BCUT2D eigenvalue weighted by molar-refractivity contribution is 5.73. The summed E-state index contributed by atoms with van der Waals surface area (Å²) in [5.74, 6) is 0.213. The molecule has 1 saturated carbocycles. The summed E-state index contributed by atoms with van der Waals surface area (Å²) in [5.41, 5.74) is 0.313. The van der Waals surface area contributed by atoms with E-state index < -0.39 is 0 Å². The van der Waals surface area contributed by atoms with Gasteiger partial charge in [-0.05, 0) is 39.0 Å². The summed E-state index contributed by atoms with van der Waals surface area (Å²) in [4.78, 5) is 13.4. The summed E-state index contributed by atoms with van der Waals surface area (Å²) in [6.45, 7) is 11.0. The van der Waals surface area contributed by atoms with Crippen LogP contribution in [0.4, 0.5) is 0 Å². The fraction of sp³-hybridized carbons (Fsp3) is 0.941. The first-order valence-electron chi connectivity index (χ1n) is 8.70. The summed E-state index contributed by atoms with van der Waals surface area (Å²) >= 11 is 0. The lowest BCUT2D eigenvalue weighted by Gasteiger charge is -2.57. The molecule has 0 aromatic carbocycles. The van der Waals surface area contributed by atoms with Crippen LogP contribution in [-0.2, 0) is 9.53 Å². The number of nitrogens with zero attached hydrogens (tertiary/aromatic N) is 1.